The van der Waals surface area contributed by atoms with E-state index in [2.05, 4.69) is 4.98 Å². The van der Waals surface area contributed by atoms with Crippen LogP contribution < -0.4 is 11.5 Å². The van der Waals surface area contributed by atoms with Gasteiger partial charge in [-0.1, -0.05) is 6.07 Å². The van der Waals surface area contributed by atoms with Crippen LogP contribution in [0.2, 0.25) is 0 Å². The summed E-state index contributed by atoms with van der Waals surface area (Å²) < 4.78 is 0. The lowest BCUT2D eigenvalue weighted by atomic mass is 10.2. The van der Waals surface area contributed by atoms with Crippen LogP contribution in [0.3, 0.4) is 0 Å². The van der Waals surface area contributed by atoms with E-state index in [-0.39, 0.29) is 0 Å². The van der Waals surface area contributed by atoms with Crippen molar-refractivity contribution >= 4 is 11.7 Å². The average Bonchev–Trinajstić information content (AvgIpc) is 1.93. The van der Waals surface area contributed by atoms with E-state index in [1.54, 1.807) is 12.1 Å². The van der Waals surface area contributed by atoms with Gasteiger partial charge in [-0.25, -0.2) is 4.98 Å². The number of rotatable bonds is 2. The van der Waals surface area contributed by atoms with Crippen molar-refractivity contribution in [3.8, 4) is 0 Å². The molecule has 0 aliphatic carbocycles. The molecule has 0 aliphatic rings. The molecule has 1 aromatic rings. The van der Waals surface area contributed by atoms with Crippen molar-refractivity contribution in [3.05, 3.63) is 30.3 Å². The number of anilines is 1. The lowest BCUT2D eigenvalue weighted by Crippen LogP contribution is -2.11. The Morgan fingerprint density at radius 1 is 1.55 bits per heavy atom. The fourth-order valence-corrected chi connectivity index (χ4v) is 0.666. The smallest absolute Gasteiger partial charge is 0.226 e. The highest BCUT2D eigenvalue weighted by Crippen LogP contribution is 2.02. The summed E-state index contributed by atoms with van der Waals surface area (Å²) in [5, 5.41) is 0. The summed E-state index contributed by atoms with van der Waals surface area (Å²) in [7, 11) is 0. The molecule has 0 spiro atoms. The number of hydrogen-bond acceptors (Lipinski definition) is 3. The first-order chi connectivity index (χ1) is 5.18. The Morgan fingerprint density at radius 3 is 2.73 bits per heavy atom. The number of nitrogens with two attached hydrogens (primary N) is 2. The van der Waals surface area contributed by atoms with Gasteiger partial charge in [0.1, 0.15) is 5.82 Å². The summed E-state index contributed by atoms with van der Waals surface area (Å²) in [6, 6.07) is 3.28. The minimum Gasteiger partial charge on any atom is -0.384 e. The van der Waals surface area contributed by atoms with E-state index < -0.39 is 5.91 Å². The second-order valence-electron chi connectivity index (χ2n) is 2.06. The minimum atomic E-state index is -0.489. The minimum absolute atomic E-state index is 0.423. The summed E-state index contributed by atoms with van der Waals surface area (Å²) in [5.41, 5.74) is 10.9. The topological polar surface area (TPSA) is 82.0 Å². The molecule has 11 heavy (non-hydrogen) atoms. The zero-order valence-electron chi connectivity index (χ0n) is 5.82. The van der Waals surface area contributed by atoms with E-state index in [0.717, 1.165) is 0 Å². The number of amides is 1. The van der Waals surface area contributed by atoms with Crippen LogP contribution >= 0.6 is 0 Å². The van der Waals surface area contributed by atoms with Gasteiger partial charge in [-0.3, -0.25) is 4.79 Å². The SMILES string of the molecule is NC(=O)[CH]c1ccc(N)nc1. The maximum atomic E-state index is 10.4. The van der Waals surface area contributed by atoms with E-state index in [9.17, 15) is 4.79 Å². The first-order valence-electron chi connectivity index (χ1n) is 3.04. The van der Waals surface area contributed by atoms with Crippen molar-refractivity contribution in [2.45, 2.75) is 0 Å². The third kappa shape index (κ3) is 2.25. The van der Waals surface area contributed by atoms with E-state index >= 15 is 0 Å². The molecule has 1 aromatic heterocycles. The summed E-state index contributed by atoms with van der Waals surface area (Å²) in [5.74, 6) is -0.0665. The van der Waals surface area contributed by atoms with Gasteiger partial charge in [0, 0.05) is 6.20 Å². The maximum Gasteiger partial charge on any atom is 0.226 e. The molecule has 1 heterocycles. The second kappa shape index (κ2) is 3.01. The highest BCUT2D eigenvalue weighted by Gasteiger charge is 1.97. The summed E-state index contributed by atoms with van der Waals surface area (Å²) in [6.07, 6.45) is 2.77. The van der Waals surface area contributed by atoms with Gasteiger partial charge in [0.05, 0.1) is 6.42 Å². The fraction of sp³-hybridized carbons (Fsp3) is 0. The highest BCUT2D eigenvalue weighted by atomic mass is 16.1. The predicted octanol–water partition coefficient (Wildman–Crippen LogP) is -0.299. The van der Waals surface area contributed by atoms with Gasteiger partial charge in [0.25, 0.3) is 0 Å². The monoisotopic (exact) mass is 150 g/mol. The molecule has 57 valence electrons. The number of hydrogen-bond donors (Lipinski definition) is 2. The molecule has 1 rings (SSSR count). The molecule has 0 unspecified atom stereocenters. The third-order valence-corrected chi connectivity index (χ3v) is 1.12. The van der Waals surface area contributed by atoms with Crippen molar-refractivity contribution in [1.29, 1.82) is 0 Å². The number of carbonyl (C=O) groups is 1. The van der Waals surface area contributed by atoms with Gasteiger partial charge >= 0.3 is 0 Å². The number of nitrogens with zero attached hydrogens (tertiary/aromatic N) is 1. The zero-order valence-corrected chi connectivity index (χ0v) is 5.82. The van der Waals surface area contributed by atoms with Crippen molar-refractivity contribution < 1.29 is 4.79 Å². The molecule has 0 bridgehead atoms. The van der Waals surface area contributed by atoms with Gasteiger partial charge < -0.3 is 11.5 Å². The van der Waals surface area contributed by atoms with Crippen LogP contribution in [0.15, 0.2) is 18.3 Å². The van der Waals surface area contributed by atoms with Gasteiger partial charge in [-0.2, -0.15) is 0 Å². The highest BCUT2D eigenvalue weighted by molar-refractivity contribution is 5.86. The lowest BCUT2D eigenvalue weighted by molar-refractivity contribution is -0.114. The largest absolute Gasteiger partial charge is 0.384 e. The van der Waals surface area contributed by atoms with Crippen LogP contribution in [0.4, 0.5) is 5.82 Å². The van der Waals surface area contributed by atoms with Crippen LogP contribution in [-0.4, -0.2) is 10.9 Å². The van der Waals surface area contributed by atoms with E-state index in [1.165, 1.54) is 12.6 Å². The molecule has 4 heteroatoms. The normalized spacial score (nSPS) is 9.45. The number of nitrogen functional groups attached to an aromatic ring is 1. The Hall–Kier alpha value is -1.58. The summed E-state index contributed by atoms with van der Waals surface area (Å²) in [4.78, 5) is 14.1. The molecule has 4 nitrogen and oxygen atoms in total. The van der Waals surface area contributed by atoms with Gasteiger partial charge in [-0.15, -0.1) is 0 Å². The van der Waals surface area contributed by atoms with Gasteiger partial charge in [-0.05, 0) is 11.6 Å². The molecule has 0 atom stereocenters. The second-order valence-corrected chi connectivity index (χ2v) is 2.06. The Bertz CT molecular complexity index is 255. The maximum absolute atomic E-state index is 10.4. The van der Waals surface area contributed by atoms with Crippen LogP contribution in [0.25, 0.3) is 0 Å². The van der Waals surface area contributed by atoms with Crippen molar-refractivity contribution in [2.75, 3.05) is 5.73 Å². The van der Waals surface area contributed by atoms with E-state index in [4.69, 9.17) is 11.5 Å². The number of primary amides is 1. The molecule has 1 amide bonds. The Labute approximate surface area is 64.2 Å². The quantitative estimate of drug-likeness (QED) is 0.607. The third-order valence-electron chi connectivity index (χ3n) is 1.12. The summed E-state index contributed by atoms with van der Waals surface area (Å²) in [6.45, 7) is 0. The predicted molar refractivity (Wildman–Crippen MR) is 41.2 cm³/mol. The standard InChI is InChI=1S/C7H8N3O/c8-6-2-1-5(4-10-6)3-7(9)11/h1-4H,(H2,8,10)(H2,9,11). The molecular weight excluding hydrogens is 142 g/mol. The van der Waals surface area contributed by atoms with Crippen LogP contribution in [0.1, 0.15) is 5.56 Å². The van der Waals surface area contributed by atoms with Crippen LogP contribution in [0, 0.1) is 6.42 Å². The van der Waals surface area contributed by atoms with Crippen LogP contribution in [0.5, 0.6) is 0 Å². The molecule has 0 saturated carbocycles. The number of pyridine rings is 1. The number of carbonyl (C=O) groups excluding carboxylic acids is 1. The first-order valence-corrected chi connectivity index (χ1v) is 3.04. The Balaban J connectivity index is 2.74. The lowest BCUT2D eigenvalue weighted by Gasteiger charge is -1.95. The van der Waals surface area contributed by atoms with Gasteiger partial charge in [0.2, 0.25) is 5.91 Å². The van der Waals surface area contributed by atoms with Crippen LogP contribution in [-0.2, 0) is 4.79 Å². The molecule has 0 saturated heterocycles. The molecule has 0 fully saturated rings. The molecule has 4 N–H and O–H groups in total. The first kappa shape index (κ1) is 7.53. The van der Waals surface area contributed by atoms with Crippen molar-refractivity contribution in [1.82, 2.24) is 4.98 Å². The van der Waals surface area contributed by atoms with Crippen molar-refractivity contribution in [3.63, 3.8) is 0 Å². The van der Waals surface area contributed by atoms with Crippen molar-refractivity contribution in [2.24, 2.45) is 5.73 Å². The Kier molecular flexibility index (Phi) is 2.06. The molecule has 1 radical (unpaired) electrons. The molecular formula is C7H8N3O. The van der Waals surface area contributed by atoms with E-state index in [0.29, 0.717) is 11.4 Å². The molecule has 0 aliphatic heterocycles. The molecule has 0 aromatic carbocycles. The number of aromatic nitrogens is 1. The summed E-state index contributed by atoms with van der Waals surface area (Å²) >= 11 is 0. The van der Waals surface area contributed by atoms with E-state index in [1.807, 2.05) is 0 Å². The van der Waals surface area contributed by atoms with Gasteiger partial charge in [0.15, 0.2) is 0 Å². The Morgan fingerprint density at radius 2 is 2.27 bits per heavy atom. The fourth-order valence-electron chi connectivity index (χ4n) is 0.666. The average molecular weight is 150 g/mol. The zero-order chi connectivity index (χ0) is 8.27.